The standard InChI is InChI=1S/C20H29N2O5P/c1-21(2)19(23)17-9-5-7-15(17)11-13-26-28(25)27-14-12-16-8-6-10-18(16)20(24)22(3)4/h11-14,28H,5-10H2,1-4H3/b13-11+,14-12+. The molecule has 0 spiro atoms. The van der Waals surface area contributed by atoms with Crippen molar-refractivity contribution in [1.82, 2.24) is 9.80 Å². The number of carbonyl (C=O) groups excluding carboxylic acids is 2. The summed E-state index contributed by atoms with van der Waals surface area (Å²) in [5.41, 5.74) is 3.37. The largest absolute Gasteiger partial charge is 0.426 e. The van der Waals surface area contributed by atoms with Gasteiger partial charge < -0.3 is 18.8 Å². The highest BCUT2D eigenvalue weighted by molar-refractivity contribution is 7.33. The van der Waals surface area contributed by atoms with Crippen molar-refractivity contribution >= 4 is 20.1 Å². The zero-order chi connectivity index (χ0) is 20.7. The van der Waals surface area contributed by atoms with Gasteiger partial charge in [-0.3, -0.25) is 9.59 Å². The molecule has 0 atom stereocenters. The third-order valence-electron chi connectivity index (χ3n) is 4.72. The molecule has 0 aromatic carbocycles. The second kappa shape index (κ2) is 10.3. The van der Waals surface area contributed by atoms with Gasteiger partial charge in [0.1, 0.15) is 0 Å². The minimum absolute atomic E-state index is 0.00287. The SMILES string of the molecule is CN(C)C(=O)C1=C(/C=C/O[PH](=O)O/C=C/C2=C(C(=O)N(C)C)CCC2)CCC1. The van der Waals surface area contributed by atoms with E-state index in [9.17, 15) is 14.2 Å². The maximum absolute atomic E-state index is 12.1. The van der Waals surface area contributed by atoms with Gasteiger partial charge in [0, 0.05) is 39.3 Å². The fourth-order valence-corrected chi connectivity index (χ4v) is 3.72. The van der Waals surface area contributed by atoms with E-state index >= 15 is 0 Å². The van der Waals surface area contributed by atoms with Crippen LogP contribution < -0.4 is 0 Å². The van der Waals surface area contributed by atoms with Crippen molar-refractivity contribution in [2.45, 2.75) is 38.5 Å². The van der Waals surface area contributed by atoms with Crippen LogP contribution in [0.15, 0.2) is 47.0 Å². The second-order valence-electron chi connectivity index (χ2n) is 7.21. The van der Waals surface area contributed by atoms with Gasteiger partial charge in [-0.15, -0.1) is 0 Å². The lowest BCUT2D eigenvalue weighted by Crippen LogP contribution is -2.23. The molecule has 154 valence electrons. The van der Waals surface area contributed by atoms with Gasteiger partial charge in [0.15, 0.2) is 0 Å². The van der Waals surface area contributed by atoms with Gasteiger partial charge in [0.05, 0.1) is 12.5 Å². The van der Waals surface area contributed by atoms with Crippen LogP contribution in [-0.2, 0) is 23.2 Å². The van der Waals surface area contributed by atoms with Gasteiger partial charge in [-0.1, -0.05) is 0 Å². The Labute approximate surface area is 167 Å². The second-order valence-corrected chi connectivity index (χ2v) is 8.18. The van der Waals surface area contributed by atoms with Crippen molar-refractivity contribution in [1.29, 1.82) is 0 Å². The van der Waals surface area contributed by atoms with Crippen LogP contribution in [-0.4, -0.2) is 49.8 Å². The lowest BCUT2D eigenvalue weighted by atomic mass is 10.1. The van der Waals surface area contributed by atoms with E-state index in [0.717, 1.165) is 60.8 Å². The van der Waals surface area contributed by atoms with Crippen molar-refractivity contribution < 1.29 is 23.2 Å². The summed E-state index contributed by atoms with van der Waals surface area (Å²) in [6.07, 6.45) is 11.0. The Bertz CT molecular complexity index is 701. The Morgan fingerprint density at radius 2 is 1.18 bits per heavy atom. The molecule has 2 aliphatic carbocycles. The molecular weight excluding hydrogens is 379 g/mol. The minimum atomic E-state index is -2.74. The van der Waals surface area contributed by atoms with E-state index in [1.165, 1.54) is 12.5 Å². The highest BCUT2D eigenvalue weighted by atomic mass is 31.1. The molecule has 0 aromatic rings. The third-order valence-corrected chi connectivity index (χ3v) is 5.37. The van der Waals surface area contributed by atoms with Crippen molar-refractivity contribution in [3.05, 3.63) is 47.0 Å². The quantitative estimate of drug-likeness (QED) is 0.453. The van der Waals surface area contributed by atoms with Gasteiger partial charge in [-0.2, -0.15) is 0 Å². The number of likely N-dealkylation sites (N-methyl/N-ethyl adjacent to an activating group) is 2. The molecule has 2 rings (SSSR count). The normalized spacial score (nSPS) is 17.3. The van der Waals surface area contributed by atoms with E-state index in [4.69, 9.17) is 9.05 Å². The van der Waals surface area contributed by atoms with E-state index in [1.54, 1.807) is 50.1 Å². The Balaban J connectivity index is 1.89. The zero-order valence-corrected chi connectivity index (χ0v) is 18.0. The first kappa shape index (κ1) is 22.0. The Hall–Kier alpha value is -2.27. The minimum Gasteiger partial charge on any atom is -0.426 e. The molecule has 0 unspecified atom stereocenters. The lowest BCUT2D eigenvalue weighted by molar-refractivity contribution is -0.125. The van der Waals surface area contributed by atoms with Crippen LogP contribution in [0.4, 0.5) is 0 Å². The van der Waals surface area contributed by atoms with Crippen LogP contribution in [0.5, 0.6) is 0 Å². The summed E-state index contributed by atoms with van der Waals surface area (Å²) >= 11 is 0. The number of rotatable bonds is 8. The molecule has 0 aromatic heterocycles. The average molecular weight is 408 g/mol. The maximum atomic E-state index is 12.1. The van der Waals surface area contributed by atoms with Gasteiger partial charge in [-0.05, 0) is 61.8 Å². The Kier molecular flexibility index (Phi) is 8.12. The first-order valence-corrected chi connectivity index (χ1v) is 10.6. The summed E-state index contributed by atoms with van der Waals surface area (Å²) in [4.78, 5) is 27.3. The maximum Gasteiger partial charge on any atom is 0.417 e. The fraction of sp³-hybridized carbons (Fsp3) is 0.500. The number of nitrogens with zero attached hydrogens (tertiary/aromatic N) is 2. The van der Waals surface area contributed by atoms with E-state index < -0.39 is 8.25 Å². The van der Waals surface area contributed by atoms with E-state index in [-0.39, 0.29) is 11.8 Å². The molecule has 0 aliphatic heterocycles. The summed E-state index contributed by atoms with van der Waals surface area (Å²) in [5.74, 6) is -0.00574. The van der Waals surface area contributed by atoms with Crippen molar-refractivity contribution in [2.75, 3.05) is 28.2 Å². The molecule has 0 fully saturated rings. The van der Waals surface area contributed by atoms with Crippen LogP contribution in [0.25, 0.3) is 0 Å². The third kappa shape index (κ3) is 5.86. The Morgan fingerprint density at radius 3 is 1.54 bits per heavy atom. The number of allylic oxidation sites excluding steroid dienone is 4. The van der Waals surface area contributed by atoms with Crippen molar-refractivity contribution in [2.24, 2.45) is 0 Å². The monoisotopic (exact) mass is 408 g/mol. The molecule has 0 saturated heterocycles. The van der Waals surface area contributed by atoms with Gasteiger partial charge in [-0.25, -0.2) is 4.57 Å². The smallest absolute Gasteiger partial charge is 0.417 e. The van der Waals surface area contributed by atoms with Crippen LogP contribution in [0, 0.1) is 0 Å². The number of amides is 2. The Morgan fingerprint density at radius 1 is 0.786 bits per heavy atom. The molecule has 8 heteroatoms. The van der Waals surface area contributed by atoms with Crippen LogP contribution in [0.2, 0.25) is 0 Å². The first-order valence-electron chi connectivity index (χ1n) is 9.39. The molecule has 7 nitrogen and oxygen atoms in total. The average Bonchev–Trinajstić information content (AvgIpc) is 3.29. The molecule has 0 N–H and O–H groups in total. The predicted octanol–water partition coefficient (Wildman–Crippen LogP) is 3.57. The van der Waals surface area contributed by atoms with Crippen molar-refractivity contribution in [3.8, 4) is 0 Å². The van der Waals surface area contributed by atoms with Crippen molar-refractivity contribution in [3.63, 3.8) is 0 Å². The van der Waals surface area contributed by atoms with E-state index in [1.807, 2.05) is 0 Å². The molecular formula is C20H29N2O5P. The van der Waals surface area contributed by atoms with Crippen LogP contribution in [0.3, 0.4) is 0 Å². The zero-order valence-electron chi connectivity index (χ0n) is 17.0. The summed E-state index contributed by atoms with van der Waals surface area (Å²) in [5, 5.41) is 0. The molecule has 0 bridgehead atoms. The highest BCUT2D eigenvalue weighted by Crippen LogP contribution is 2.31. The topological polar surface area (TPSA) is 76.1 Å². The molecule has 0 radical (unpaired) electrons. The molecule has 28 heavy (non-hydrogen) atoms. The number of hydrogen-bond acceptors (Lipinski definition) is 5. The lowest BCUT2D eigenvalue weighted by Gasteiger charge is -2.11. The van der Waals surface area contributed by atoms with E-state index in [0.29, 0.717) is 0 Å². The number of hydrogen-bond donors (Lipinski definition) is 0. The summed E-state index contributed by atoms with van der Waals surface area (Å²) < 4.78 is 22.1. The fourth-order valence-electron chi connectivity index (χ4n) is 3.30. The molecule has 0 saturated carbocycles. The molecule has 0 heterocycles. The van der Waals surface area contributed by atoms with Gasteiger partial charge >= 0.3 is 8.25 Å². The van der Waals surface area contributed by atoms with Gasteiger partial charge in [0.2, 0.25) is 11.8 Å². The van der Waals surface area contributed by atoms with E-state index in [2.05, 4.69) is 0 Å². The summed E-state index contributed by atoms with van der Waals surface area (Å²) in [6.45, 7) is 0. The summed E-state index contributed by atoms with van der Waals surface area (Å²) in [7, 11) is 4.16. The first-order chi connectivity index (χ1) is 13.3. The molecule has 2 amide bonds. The van der Waals surface area contributed by atoms with Crippen LogP contribution in [0.1, 0.15) is 38.5 Å². The molecule has 2 aliphatic rings. The number of carbonyl (C=O) groups is 2. The highest BCUT2D eigenvalue weighted by Gasteiger charge is 2.21. The van der Waals surface area contributed by atoms with Gasteiger partial charge in [0.25, 0.3) is 0 Å². The predicted molar refractivity (Wildman–Crippen MR) is 109 cm³/mol. The summed E-state index contributed by atoms with van der Waals surface area (Å²) in [6, 6.07) is 0. The van der Waals surface area contributed by atoms with Crippen LogP contribution >= 0.6 is 8.25 Å².